The predicted octanol–water partition coefficient (Wildman–Crippen LogP) is 2.81. The molecule has 0 aromatic heterocycles. The maximum Gasteiger partial charge on any atom is 0.233 e. The van der Waals surface area contributed by atoms with Crippen molar-refractivity contribution < 1.29 is 9.53 Å². The monoisotopic (exact) mass is 322 g/mol. The Kier molecular flexibility index (Phi) is 4.71. The summed E-state index contributed by atoms with van der Waals surface area (Å²) in [4.78, 5) is 17.3. The van der Waals surface area contributed by atoms with Crippen LogP contribution in [-0.2, 0) is 9.53 Å². The number of carbonyl (C=O) groups excluding carboxylic acids is 1. The number of nitrogens with zero attached hydrogens (tertiary/aromatic N) is 2. The van der Waals surface area contributed by atoms with Gasteiger partial charge in [-0.1, -0.05) is 11.6 Å². The Bertz CT molecular complexity index is 524. The highest BCUT2D eigenvalue weighted by Crippen LogP contribution is 2.43. The lowest BCUT2D eigenvalue weighted by atomic mass is 9.77. The van der Waals surface area contributed by atoms with Crippen LogP contribution in [0, 0.1) is 5.41 Å². The molecule has 5 heteroatoms. The van der Waals surface area contributed by atoms with E-state index in [-0.39, 0.29) is 5.41 Å². The molecule has 0 saturated carbocycles. The Hall–Kier alpha value is -1.10. The van der Waals surface area contributed by atoms with Crippen molar-refractivity contribution in [2.45, 2.75) is 19.3 Å². The normalized spacial score (nSPS) is 21.7. The average Bonchev–Trinajstić information content (AvgIpc) is 2.85. The van der Waals surface area contributed by atoms with Gasteiger partial charge in [0, 0.05) is 30.9 Å². The molecule has 3 rings (SSSR count). The zero-order chi connectivity index (χ0) is 15.6. The SMILES string of the molecule is COCCN1CCC2(CC1)CCN(c1ccc(Cl)cc1)C2=O. The van der Waals surface area contributed by atoms with Crippen molar-refractivity contribution in [1.29, 1.82) is 0 Å². The second-order valence-corrected chi connectivity index (χ2v) is 6.73. The number of ether oxygens (including phenoxy) is 1. The maximum absolute atomic E-state index is 12.9. The molecule has 0 N–H and O–H groups in total. The van der Waals surface area contributed by atoms with E-state index < -0.39 is 0 Å². The molecular weight excluding hydrogens is 300 g/mol. The van der Waals surface area contributed by atoms with E-state index in [0.717, 1.165) is 57.7 Å². The van der Waals surface area contributed by atoms with E-state index in [9.17, 15) is 4.79 Å². The second kappa shape index (κ2) is 6.57. The molecule has 0 radical (unpaired) electrons. The van der Waals surface area contributed by atoms with Gasteiger partial charge < -0.3 is 14.5 Å². The lowest BCUT2D eigenvalue weighted by Gasteiger charge is -2.37. The van der Waals surface area contributed by atoms with Gasteiger partial charge in [-0.15, -0.1) is 0 Å². The molecular formula is C17H23ClN2O2. The average molecular weight is 323 g/mol. The minimum absolute atomic E-state index is 0.150. The topological polar surface area (TPSA) is 32.8 Å². The third kappa shape index (κ3) is 3.00. The Labute approximate surface area is 137 Å². The van der Waals surface area contributed by atoms with Crippen LogP contribution in [0.1, 0.15) is 19.3 Å². The summed E-state index contributed by atoms with van der Waals surface area (Å²) in [5.74, 6) is 0.293. The molecule has 2 aliphatic rings. The van der Waals surface area contributed by atoms with E-state index in [4.69, 9.17) is 16.3 Å². The van der Waals surface area contributed by atoms with Crippen LogP contribution >= 0.6 is 11.6 Å². The summed E-state index contributed by atoms with van der Waals surface area (Å²) in [5, 5.41) is 0.705. The number of piperidine rings is 1. The Balaban J connectivity index is 1.65. The largest absolute Gasteiger partial charge is 0.383 e. The fraction of sp³-hybridized carbons (Fsp3) is 0.588. The molecule has 1 aromatic carbocycles. The first kappa shape index (κ1) is 15.8. The minimum atomic E-state index is -0.150. The van der Waals surface area contributed by atoms with Crippen molar-refractivity contribution >= 4 is 23.2 Å². The van der Waals surface area contributed by atoms with Crippen LogP contribution in [0.25, 0.3) is 0 Å². The highest BCUT2D eigenvalue weighted by Gasteiger charge is 2.48. The van der Waals surface area contributed by atoms with Crippen molar-refractivity contribution in [1.82, 2.24) is 4.90 Å². The van der Waals surface area contributed by atoms with Gasteiger partial charge in [-0.3, -0.25) is 4.79 Å². The molecule has 4 nitrogen and oxygen atoms in total. The van der Waals surface area contributed by atoms with E-state index in [1.165, 1.54) is 0 Å². The van der Waals surface area contributed by atoms with Gasteiger partial charge in [-0.05, 0) is 56.6 Å². The van der Waals surface area contributed by atoms with E-state index in [2.05, 4.69) is 4.90 Å². The van der Waals surface area contributed by atoms with Crippen LogP contribution < -0.4 is 4.90 Å². The van der Waals surface area contributed by atoms with Crippen molar-refractivity contribution in [2.75, 3.05) is 44.8 Å². The molecule has 2 saturated heterocycles. The van der Waals surface area contributed by atoms with E-state index in [1.807, 2.05) is 29.2 Å². The van der Waals surface area contributed by atoms with Crippen molar-refractivity contribution in [3.8, 4) is 0 Å². The molecule has 0 aliphatic carbocycles. The summed E-state index contributed by atoms with van der Waals surface area (Å²) in [6.45, 7) is 4.52. The number of halogens is 1. The van der Waals surface area contributed by atoms with Crippen molar-refractivity contribution in [2.24, 2.45) is 5.41 Å². The Morgan fingerprint density at radius 1 is 1.14 bits per heavy atom. The molecule has 22 heavy (non-hydrogen) atoms. The van der Waals surface area contributed by atoms with Crippen molar-refractivity contribution in [3.63, 3.8) is 0 Å². The number of anilines is 1. The zero-order valence-corrected chi connectivity index (χ0v) is 13.8. The first-order valence-corrected chi connectivity index (χ1v) is 8.31. The minimum Gasteiger partial charge on any atom is -0.383 e. The molecule has 1 aromatic rings. The molecule has 1 amide bonds. The first-order chi connectivity index (χ1) is 10.6. The van der Waals surface area contributed by atoms with Gasteiger partial charge in [0.25, 0.3) is 0 Å². The molecule has 2 heterocycles. The number of carbonyl (C=O) groups is 1. The third-order valence-corrected chi connectivity index (χ3v) is 5.33. The first-order valence-electron chi connectivity index (χ1n) is 7.93. The van der Waals surface area contributed by atoms with Crippen LogP contribution in [0.15, 0.2) is 24.3 Å². The number of hydrogen-bond acceptors (Lipinski definition) is 3. The molecule has 2 aliphatic heterocycles. The fourth-order valence-electron chi connectivity index (χ4n) is 3.58. The fourth-order valence-corrected chi connectivity index (χ4v) is 3.70. The van der Waals surface area contributed by atoms with Crippen LogP contribution in [0.5, 0.6) is 0 Å². The van der Waals surface area contributed by atoms with Gasteiger partial charge in [0.15, 0.2) is 0 Å². The van der Waals surface area contributed by atoms with Gasteiger partial charge in [0.2, 0.25) is 5.91 Å². The molecule has 0 bridgehead atoms. The number of rotatable bonds is 4. The van der Waals surface area contributed by atoms with E-state index in [0.29, 0.717) is 10.9 Å². The summed E-state index contributed by atoms with van der Waals surface area (Å²) in [7, 11) is 1.73. The third-order valence-electron chi connectivity index (χ3n) is 5.08. The molecule has 1 spiro atoms. The Morgan fingerprint density at radius 3 is 2.41 bits per heavy atom. The summed E-state index contributed by atoms with van der Waals surface area (Å²) < 4.78 is 5.14. The number of hydrogen-bond donors (Lipinski definition) is 0. The number of methoxy groups -OCH3 is 1. The standard InChI is InChI=1S/C17H23ClN2O2/c1-22-13-12-19-9-6-17(7-10-19)8-11-20(16(17)21)15-4-2-14(18)3-5-15/h2-5H,6-13H2,1H3. The van der Waals surface area contributed by atoms with E-state index >= 15 is 0 Å². The molecule has 0 atom stereocenters. The van der Waals surface area contributed by atoms with Crippen LogP contribution in [0.4, 0.5) is 5.69 Å². The van der Waals surface area contributed by atoms with Gasteiger partial charge in [0.05, 0.1) is 12.0 Å². The molecule has 120 valence electrons. The van der Waals surface area contributed by atoms with Gasteiger partial charge >= 0.3 is 0 Å². The van der Waals surface area contributed by atoms with Crippen LogP contribution in [0.3, 0.4) is 0 Å². The molecule has 2 fully saturated rings. The number of amides is 1. The highest BCUT2D eigenvalue weighted by atomic mass is 35.5. The summed E-state index contributed by atoms with van der Waals surface area (Å²) in [6.07, 6.45) is 2.88. The van der Waals surface area contributed by atoms with Crippen LogP contribution in [-0.4, -0.2) is 50.7 Å². The lowest BCUT2D eigenvalue weighted by molar-refractivity contribution is -0.128. The predicted molar refractivity (Wildman–Crippen MR) is 88.4 cm³/mol. The molecule has 0 unspecified atom stereocenters. The summed E-state index contributed by atoms with van der Waals surface area (Å²) >= 11 is 5.94. The maximum atomic E-state index is 12.9. The number of benzene rings is 1. The summed E-state index contributed by atoms with van der Waals surface area (Å²) in [6, 6.07) is 7.57. The van der Waals surface area contributed by atoms with Crippen molar-refractivity contribution in [3.05, 3.63) is 29.3 Å². The highest BCUT2D eigenvalue weighted by molar-refractivity contribution is 6.30. The zero-order valence-electron chi connectivity index (χ0n) is 13.1. The number of likely N-dealkylation sites (tertiary alicyclic amines) is 1. The quantitative estimate of drug-likeness (QED) is 0.854. The second-order valence-electron chi connectivity index (χ2n) is 6.30. The van der Waals surface area contributed by atoms with Gasteiger partial charge in [-0.25, -0.2) is 0 Å². The van der Waals surface area contributed by atoms with Gasteiger partial charge in [0.1, 0.15) is 0 Å². The summed E-state index contributed by atoms with van der Waals surface area (Å²) in [5.41, 5.74) is 0.816. The Morgan fingerprint density at radius 2 is 1.77 bits per heavy atom. The lowest BCUT2D eigenvalue weighted by Crippen LogP contribution is -2.45. The smallest absolute Gasteiger partial charge is 0.233 e. The van der Waals surface area contributed by atoms with Gasteiger partial charge in [-0.2, -0.15) is 0 Å². The van der Waals surface area contributed by atoms with E-state index in [1.54, 1.807) is 7.11 Å². The van der Waals surface area contributed by atoms with Crippen LogP contribution in [0.2, 0.25) is 5.02 Å².